The van der Waals surface area contributed by atoms with E-state index in [0.29, 0.717) is 24.7 Å². The van der Waals surface area contributed by atoms with E-state index in [9.17, 15) is 4.79 Å². The van der Waals surface area contributed by atoms with E-state index in [1.54, 1.807) is 6.92 Å². The molecule has 2 heterocycles. The first kappa shape index (κ1) is 17.9. The average Bonchev–Trinajstić information content (AvgIpc) is 2.85. The molecule has 1 aromatic heterocycles. The number of rotatable bonds is 4. The minimum Gasteiger partial charge on any atom is -0.340 e. The number of nitrogens with zero attached hydrogens (tertiary/aromatic N) is 3. The Bertz CT molecular complexity index is 475. The molecule has 0 spiro atoms. The van der Waals surface area contributed by atoms with Crippen molar-refractivity contribution in [3.63, 3.8) is 0 Å². The number of carbonyl (C=O) groups excluding carboxylic acids is 1. The summed E-state index contributed by atoms with van der Waals surface area (Å²) in [5, 5.41) is 3.83. The quantitative estimate of drug-likeness (QED) is 0.918. The fourth-order valence-electron chi connectivity index (χ4n) is 2.83. The minimum atomic E-state index is -0.776. The highest BCUT2D eigenvalue weighted by Crippen LogP contribution is 2.27. The van der Waals surface area contributed by atoms with Gasteiger partial charge in [0.05, 0.1) is 11.5 Å². The third-order valence-corrected chi connectivity index (χ3v) is 3.86. The van der Waals surface area contributed by atoms with E-state index in [2.05, 4.69) is 10.1 Å². The predicted molar refractivity (Wildman–Crippen MR) is 82.3 cm³/mol. The molecule has 2 unspecified atom stereocenters. The van der Waals surface area contributed by atoms with Crippen LogP contribution in [0.4, 0.5) is 0 Å². The molecule has 1 aliphatic heterocycles. The number of amides is 1. The third-order valence-electron chi connectivity index (χ3n) is 3.86. The number of likely N-dealkylation sites (tertiary alicyclic amines) is 1. The highest BCUT2D eigenvalue weighted by molar-refractivity contribution is 5.86. The molecule has 1 aromatic rings. The van der Waals surface area contributed by atoms with E-state index in [-0.39, 0.29) is 24.2 Å². The van der Waals surface area contributed by atoms with Crippen LogP contribution < -0.4 is 5.73 Å². The van der Waals surface area contributed by atoms with Crippen LogP contribution in [0.5, 0.6) is 0 Å². The average molecular weight is 317 g/mol. The smallest absolute Gasteiger partial charge is 0.242 e. The van der Waals surface area contributed by atoms with Crippen molar-refractivity contribution >= 4 is 18.3 Å². The predicted octanol–water partition coefficient (Wildman–Crippen LogP) is 2.02. The largest absolute Gasteiger partial charge is 0.340 e. The van der Waals surface area contributed by atoms with Gasteiger partial charge in [0.25, 0.3) is 0 Å². The molecule has 2 N–H and O–H groups in total. The summed E-state index contributed by atoms with van der Waals surface area (Å²) in [6.07, 6.45) is 3.52. The molecule has 1 saturated heterocycles. The summed E-state index contributed by atoms with van der Waals surface area (Å²) < 4.78 is 5.23. The summed E-state index contributed by atoms with van der Waals surface area (Å²) in [5.41, 5.74) is 5.37. The molecular formula is C14H25ClN4O2. The van der Waals surface area contributed by atoms with Crippen LogP contribution in [-0.4, -0.2) is 39.6 Å². The summed E-state index contributed by atoms with van der Waals surface area (Å²) in [7, 11) is 0. The highest BCUT2D eigenvalue weighted by atomic mass is 35.5. The van der Waals surface area contributed by atoms with E-state index < -0.39 is 5.54 Å². The van der Waals surface area contributed by atoms with Crippen molar-refractivity contribution in [2.45, 2.75) is 57.9 Å². The molecule has 2 rings (SSSR count). The maximum atomic E-state index is 12.5. The van der Waals surface area contributed by atoms with Gasteiger partial charge in [-0.15, -0.1) is 12.4 Å². The van der Waals surface area contributed by atoms with Crippen LogP contribution >= 0.6 is 12.4 Å². The normalized spacial score (nSPS) is 21.5. The maximum Gasteiger partial charge on any atom is 0.242 e. The molecule has 7 heteroatoms. The maximum absolute atomic E-state index is 12.5. The summed E-state index contributed by atoms with van der Waals surface area (Å²) in [6.45, 7) is 7.05. The van der Waals surface area contributed by atoms with Gasteiger partial charge in [-0.2, -0.15) is 4.98 Å². The molecule has 0 saturated carbocycles. The van der Waals surface area contributed by atoms with Gasteiger partial charge >= 0.3 is 0 Å². The van der Waals surface area contributed by atoms with Gasteiger partial charge < -0.3 is 15.2 Å². The molecule has 0 aliphatic carbocycles. The van der Waals surface area contributed by atoms with Gasteiger partial charge in [0.15, 0.2) is 5.82 Å². The standard InChI is InChI=1S/C14H24N4O2.ClH/c1-4-7-14(3,15)13(19)18-8-5-6-11(9-18)12-16-10(2)17-20-12;/h11H,4-9,15H2,1-3H3;1H. The van der Waals surface area contributed by atoms with Gasteiger partial charge in [-0.1, -0.05) is 18.5 Å². The summed E-state index contributed by atoms with van der Waals surface area (Å²) in [4.78, 5) is 18.7. The number of aromatic nitrogens is 2. The van der Waals surface area contributed by atoms with Crippen LogP contribution in [0.3, 0.4) is 0 Å². The number of halogens is 1. The zero-order valence-electron chi connectivity index (χ0n) is 13.0. The molecule has 1 aliphatic rings. The number of aryl methyl sites for hydroxylation is 1. The Morgan fingerprint density at radius 3 is 2.86 bits per heavy atom. The van der Waals surface area contributed by atoms with E-state index >= 15 is 0 Å². The number of hydrogen-bond donors (Lipinski definition) is 1. The molecule has 6 nitrogen and oxygen atoms in total. The molecule has 2 atom stereocenters. The summed E-state index contributed by atoms with van der Waals surface area (Å²) in [6, 6.07) is 0. The lowest BCUT2D eigenvalue weighted by atomic mass is 9.92. The Hall–Kier alpha value is -1.14. The molecule has 1 amide bonds. The van der Waals surface area contributed by atoms with Crippen LogP contribution in [-0.2, 0) is 4.79 Å². The van der Waals surface area contributed by atoms with Crippen LogP contribution in [0.25, 0.3) is 0 Å². The van der Waals surface area contributed by atoms with Gasteiger partial charge in [0.2, 0.25) is 11.8 Å². The zero-order chi connectivity index (χ0) is 14.8. The van der Waals surface area contributed by atoms with Crippen molar-refractivity contribution in [3.05, 3.63) is 11.7 Å². The first-order chi connectivity index (χ1) is 9.44. The summed E-state index contributed by atoms with van der Waals surface area (Å²) in [5.74, 6) is 1.43. The van der Waals surface area contributed by atoms with Crippen LogP contribution in [0.1, 0.15) is 57.2 Å². The molecular weight excluding hydrogens is 292 g/mol. The fraction of sp³-hybridized carbons (Fsp3) is 0.786. The van der Waals surface area contributed by atoms with E-state index in [4.69, 9.17) is 10.3 Å². The van der Waals surface area contributed by atoms with Crippen molar-refractivity contribution in [2.24, 2.45) is 5.73 Å². The van der Waals surface area contributed by atoms with E-state index in [1.807, 2.05) is 18.7 Å². The third kappa shape index (κ3) is 4.17. The molecule has 120 valence electrons. The second-order valence-electron chi connectivity index (χ2n) is 5.94. The minimum absolute atomic E-state index is 0. The van der Waals surface area contributed by atoms with Crippen molar-refractivity contribution < 1.29 is 9.32 Å². The SMILES string of the molecule is CCCC(C)(N)C(=O)N1CCCC(c2nc(C)no2)C1.Cl. The van der Waals surface area contributed by atoms with Crippen LogP contribution in [0.15, 0.2) is 4.52 Å². The fourth-order valence-corrected chi connectivity index (χ4v) is 2.83. The Morgan fingerprint density at radius 2 is 2.29 bits per heavy atom. The number of piperidine rings is 1. The molecule has 0 aromatic carbocycles. The van der Waals surface area contributed by atoms with E-state index in [0.717, 1.165) is 25.8 Å². The number of carbonyl (C=O) groups is 1. The second kappa shape index (κ2) is 7.22. The molecule has 1 fully saturated rings. The highest BCUT2D eigenvalue weighted by Gasteiger charge is 2.35. The zero-order valence-corrected chi connectivity index (χ0v) is 13.8. The number of hydrogen-bond acceptors (Lipinski definition) is 5. The lowest BCUT2D eigenvalue weighted by Gasteiger charge is -2.36. The van der Waals surface area contributed by atoms with Gasteiger partial charge in [-0.25, -0.2) is 0 Å². The Labute approximate surface area is 131 Å². The van der Waals surface area contributed by atoms with Crippen molar-refractivity contribution in [3.8, 4) is 0 Å². The van der Waals surface area contributed by atoms with Gasteiger partial charge in [0, 0.05) is 13.1 Å². The molecule has 0 bridgehead atoms. The first-order valence-electron chi connectivity index (χ1n) is 7.32. The van der Waals surface area contributed by atoms with E-state index in [1.165, 1.54) is 0 Å². The first-order valence-corrected chi connectivity index (χ1v) is 7.32. The lowest BCUT2D eigenvalue weighted by Crippen LogP contribution is -2.55. The van der Waals surface area contributed by atoms with Crippen LogP contribution in [0.2, 0.25) is 0 Å². The van der Waals surface area contributed by atoms with Crippen molar-refractivity contribution in [2.75, 3.05) is 13.1 Å². The Kier molecular flexibility index (Phi) is 6.16. The number of nitrogens with two attached hydrogens (primary N) is 1. The lowest BCUT2D eigenvalue weighted by molar-refractivity contribution is -0.138. The van der Waals surface area contributed by atoms with Gasteiger partial charge in [-0.05, 0) is 33.1 Å². The molecule has 21 heavy (non-hydrogen) atoms. The van der Waals surface area contributed by atoms with Gasteiger partial charge in [-0.3, -0.25) is 4.79 Å². The van der Waals surface area contributed by atoms with Crippen molar-refractivity contribution in [1.29, 1.82) is 0 Å². The topological polar surface area (TPSA) is 85.3 Å². The Balaban J connectivity index is 0.00000220. The Morgan fingerprint density at radius 1 is 1.57 bits per heavy atom. The summed E-state index contributed by atoms with van der Waals surface area (Å²) >= 11 is 0. The second-order valence-corrected chi connectivity index (χ2v) is 5.94. The van der Waals surface area contributed by atoms with Crippen molar-refractivity contribution in [1.82, 2.24) is 15.0 Å². The van der Waals surface area contributed by atoms with Crippen LogP contribution in [0, 0.1) is 6.92 Å². The molecule has 0 radical (unpaired) electrons. The monoisotopic (exact) mass is 316 g/mol. The van der Waals surface area contributed by atoms with Gasteiger partial charge in [0.1, 0.15) is 0 Å².